The number of aromatic nitrogens is 1. The molecular formula is C13H11Cl2N3. The number of hydrogen-bond acceptors (Lipinski definition) is 2. The van der Waals surface area contributed by atoms with Crippen LogP contribution in [-0.2, 0) is 6.54 Å². The molecule has 92 valence electrons. The number of fused-ring (bicyclic) bond motifs is 1. The Morgan fingerprint density at radius 1 is 1.11 bits per heavy atom. The highest BCUT2D eigenvalue weighted by Crippen LogP contribution is 2.22. The van der Waals surface area contributed by atoms with Gasteiger partial charge in [0.2, 0.25) is 0 Å². The smallest absolute Gasteiger partial charge is 0.194 e. The van der Waals surface area contributed by atoms with E-state index in [0.29, 0.717) is 5.15 Å². The van der Waals surface area contributed by atoms with Crippen LogP contribution in [0.5, 0.6) is 0 Å². The van der Waals surface area contributed by atoms with E-state index in [2.05, 4.69) is 16.0 Å². The van der Waals surface area contributed by atoms with E-state index in [1.165, 1.54) is 10.6 Å². The van der Waals surface area contributed by atoms with Crippen LogP contribution in [0.2, 0.25) is 5.15 Å². The fraction of sp³-hybridized carbons (Fsp3) is 0.0769. The monoisotopic (exact) mass is 279 g/mol. The second-order valence-corrected chi connectivity index (χ2v) is 4.35. The van der Waals surface area contributed by atoms with Crippen molar-refractivity contribution < 1.29 is 17.3 Å². The van der Waals surface area contributed by atoms with Crippen LogP contribution in [0.4, 0.5) is 11.4 Å². The van der Waals surface area contributed by atoms with E-state index in [9.17, 15) is 0 Å². The van der Waals surface area contributed by atoms with Crippen molar-refractivity contribution in [3.8, 4) is 0 Å². The predicted octanol–water partition coefficient (Wildman–Crippen LogP) is -0.871. The van der Waals surface area contributed by atoms with Crippen LogP contribution < -0.4 is 17.3 Å². The largest absolute Gasteiger partial charge is 1.00 e. The van der Waals surface area contributed by atoms with E-state index in [1.807, 2.05) is 42.9 Å². The highest BCUT2D eigenvalue weighted by molar-refractivity contribution is 6.29. The van der Waals surface area contributed by atoms with Crippen molar-refractivity contribution >= 4 is 29.3 Å². The van der Waals surface area contributed by atoms with Gasteiger partial charge < -0.3 is 12.4 Å². The number of quaternary nitrogens is 1. The Hall–Kier alpha value is -1.42. The zero-order valence-corrected chi connectivity index (χ0v) is 11.0. The van der Waals surface area contributed by atoms with Crippen molar-refractivity contribution in [2.45, 2.75) is 6.54 Å². The molecule has 0 fully saturated rings. The number of nitrogens with zero attached hydrogens (tertiary/aromatic N) is 2. The lowest BCUT2D eigenvalue weighted by Gasteiger charge is -2.09. The van der Waals surface area contributed by atoms with E-state index in [1.54, 1.807) is 0 Å². The molecule has 1 aromatic heterocycles. The fourth-order valence-electron chi connectivity index (χ4n) is 1.95. The minimum Gasteiger partial charge on any atom is -1.00 e. The molecule has 1 atom stereocenters. The number of pyridine rings is 1. The summed E-state index contributed by atoms with van der Waals surface area (Å²) >= 11 is 5.77. The van der Waals surface area contributed by atoms with Gasteiger partial charge in [-0.25, -0.2) is 4.98 Å². The summed E-state index contributed by atoms with van der Waals surface area (Å²) in [7, 11) is 0. The Balaban J connectivity index is 0.00000120. The van der Waals surface area contributed by atoms with Gasteiger partial charge in [-0.2, -0.15) is 4.99 Å². The third kappa shape index (κ3) is 2.53. The summed E-state index contributed by atoms with van der Waals surface area (Å²) in [4.78, 5) is 9.70. The van der Waals surface area contributed by atoms with Gasteiger partial charge in [-0.3, -0.25) is 4.90 Å². The number of aliphatic imine (C=N–C) groups is 1. The third-order valence-electron chi connectivity index (χ3n) is 2.79. The van der Waals surface area contributed by atoms with Gasteiger partial charge in [0, 0.05) is 17.8 Å². The van der Waals surface area contributed by atoms with Crippen LogP contribution in [-0.4, -0.2) is 11.3 Å². The minimum atomic E-state index is 0. The quantitative estimate of drug-likeness (QED) is 0.712. The summed E-state index contributed by atoms with van der Waals surface area (Å²) in [5, 5.41) is 0.527. The first-order valence-electron chi connectivity index (χ1n) is 5.43. The summed E-state index contributed by atoms with van der Waals surface area (Å²) in [5.74, 6) is 0. The first-order chi connectivity index (χ1) is 8.33. The van der Waals surface area contributed by atoms with Crippen molar-refractivity contribution in [1.29, 1.82) is 0 Å². The van der Waals surface area contributed by atoms with E-state index in [-0.39, 0.29) is 12.4 Å². The highest BCUT2D eigenvalue weighted by Gasteiger charge is 2.20. The van der Waals surface area contributed by atoms with Gasteiger partial charge in [-0.15, -0.1) is 0 Å². The lowest BCUT2D eigenvalue weighted by molar-refractivity contribution is -0.736. The summed E-state index contributed by atoms with van der Waals surface area (Å²) in [5.41, 5.74) is 3.40. The van der Waals surface area contributed by atoms with E-state index in [4.69, 9.17) is 11.6 Å². The Labute approximate surface area is 117 Å². The second kappa shape index (κ2) is 5.48. The topological polar surface area (TPSA) is 29.7 Å². The molecule has 1 aromatic carbocycles. The van der Waals surface area contributed by atoms with Crippen molar-refractivity contribution in [1.82, 2.24) is 4.98 Å². The maximum Gasteiger partial charge on any atom is 0.194 e. The summed E-state index contributed by atoms with van der Waals surface area (Å²) < 4.78 is 0. The third-order valence-corrected chi connectivity index (χ3v) is 3.02. The van der Waals surface area contributed by atoms with E-state index in [0.717, 1.165) is 17.8 Å². The first-order valence-corrected chi connectivity index (χ1v) is 5.80. The van der Waals surface area contributed by atoms with Crippen LogP contribution in [0.15, 0.2) is 47.6 Å². The van der Waals surface area contributed by atoms with Crippen molar-refractivity contribution in [3.05, 3.63) is 53.3 Å². The van der Waals surface area contributed by atoms with Gasteiger partial charge in [0.1, 0.15) is 17.4 Å². The summed E-state index contributed by atoms with van der Waals surface area (Å²) in [6.45, 7) is 0.838. The maximum atomic E-state index is 5.77. The van der Waals surface area contributed by atoms with Gasteiger partial charge in [0.25, 0.3) is 0 Å². The van der Waals surface area contributed by atoms with Crippen LogP contribution in [0.1, 0.15) is 5.56 Å². The standard InChI is InChI=1S/C13H10ClN3.ClH/c14-13-6-5-10(7-15-13)8-17-9-16-11-3-1-2-4-12(11)17;/h1-7,9H,8H2;1H. The Morgan fingerprint density at radius 3 is 2.72 bits per heavy atom. The number of nitrogens with one attached hydrogen (secondary N) is 1. The zero-order chi connectivity index (χ0) is 11.7. The van der Waals surface area contributed by atoms with Crippen LogP contribution >= 0.6 is 11.6 Å². The van der Waals surface area contributed by atoms with Gasteiger partial charge in [0.15, 0.2) is 12.0 Å². The fourth-order valence-corrected chi connectivity index (χ4v) is 2.06. The van der Waals surface area contributed by atoms with Crippen LogP contribution in [0.3, 0.4) is 0 Å². The minimum absolute atomic E-state index is 0. The molecule has 0 radical (unpaired) electrons. The SMILES string of the molecule is Clc1ccc(C[NH+]2C=Nc3ccccc32)cn1.[Cl-]. The van der Waals surface area contributed by atoms with Gasteiger partial charge >= 0.3 is 0 Å². The molecule has 1 unspecified atom stereocenters. The van der Waals surface area contributed by atoms with Gasteiger partial charge in [0.05, 0.1) is 0 Å². The van der Waals surface area contributed by atoms with Crippen molar-refractivity contribution in [2.24, 2.45) is 4.99 Å². The Kier molecular flexibility index (Phi) is 3.97. The average Bonchev–Trinajstić information content (AvgIpc) is 2.76. The maximum absolute atomic E-state index is 5.77. The molecule has 1 aliphatic rings. The molecule has 2 aromatic rings. The molecule has 0 aliphatic carbocycles. The van der Waals surface area contributed by atoms with Crippen molar-refractivity contribution in [3.63, 3.8) is 0 Å². The molecule has 0 bridgehead atoms. The number of halogens is 2. The van der Waals surface area contributed by atoms with Crippen molar-refractivity contribution in [2.75, 3.05) is 0 Å². The molecule has 3 nitrogen and oxygen atoms in total. The molecule has 1 N–H and O–H groups in total. The molecule has 5 heteroatoms. The number of rotatable bonds is 2. The average molecular weight is 280 g/mol. The molecule has 0 spiro atoms. The lowest BCUT2D eigenvalue weighted by Crippen LogP contribution is -3.03. The summed E-state index contributed by atoms with van der Waals surface area (Å²) in [6.07, 6.45) is 3.74. The normalized spacial score (nSPS) is 16.2. The van der Waals surface area contributed by atoms with E-state index >= 15 is 0 Å². The summed E-state index contributed by atoms with van der Waals surface area (Å²) in [6, 6.07) is 12.0. The molecule has 1 aliphatic heterocycles. The highest BCUT2D eigenvalue weighted by atomic mass is 35.5. The second-order valence-electron chi connectivity index (χ2n) is 3.97. The zero-order valence-electron chi connectivity index (χ0n) is 9.48. The van der Waals surface area contributed by atoms with Gasteiger partial charge in [-0.1, -0.05) is 23.7 Å². The molecule has 0 amide bonds. The molecular weight excluding hydrogens is 269 g/mol. The molecule has 18 heavy (non-hydrogen) atoms. The van der Waals surface area contributed by atoms with Crippen LogP contribution in [0, 0.1) is 0 Å². The Morgan fingerprint density at radius 2 is 1.94 bits per heavy atom. The molecule has 0 saturated heterocycles. The number of para-hydroxylation sites is 2. The molecule has 2 heterocycles. The molecule has 3 rings (SSSR count). The van der Waals surface area contributed by atoms with E-state index < -0.39 is 0 Å². The first kappa shape index (κ1) is 13.0. The van der Waals surface area contributed by atoms with Crippen LogP contribution in [0.25, 0.3) is 0 Å². The number of benzene rings is 1. The molecule has 0 saturated carbocycles. The van der Waals surface area contributed by atoms with Gasteiger partial charge in [-0.05, 0) is 18.2 Å². The number of hydrogen-bond donors (Lipinski definition) is 1. The lowest BCUT2D eigenvalue weighted by atomic mass is 10.2. The predicted molar refractivity (Wildman–Crippen MR) is 68.2 cm³/mol. The Bertz CT molecular complexity index is 567.